The predicted molar refractivity (Wildman–Crippen MR) is 104 cm³/mol. The maximum Gasteiger partial charge on any atom is 0.134 e. The van der Waals surface area contributed by atoms with Crippen LogP contribution in [0.15, 0.2) is 65.3 Å². The zero-order chi connectivity index (χ0) is 17.9. The Morgan fingerprint density at radius 2 is 1.73 bits per heavy atom. The summed E-state index contributed by atoms with van der Waals surface area (Å²) < 4.78 is 7.71. The van der Waals surface area contributed by atoms with Gasteiger partial charge in [-0.25, -0.2) is 0 Å². The lowest BCUT2D eigenvalue weighted by Crippen LogP contribution is -2.14. The van der Waals surface area contributed by atoms with Crippen LogP contribution >= 0.6 is 0 Å². The van der Waals surface area contributed by atoms with Crippen molar-refractivity contribution in [3.8, 4) is 0 Å². The van der Waals surface area contributed by atoms with E-state index in [0.717, 1.165) is 30.9 Å². The van der Waals surface area contributed by atoms with Gasteiger partial charge in [0.05, 0.1) is 18.5 Å². The van der Waals surface area contributed by atoms with Gasteiger partial charge in [-0.05, 0) is 25.5 Å². The molecule has 0 radical (unpaired) electrons. The van der Waals surface area contributed by atoms with E-state index in [9.17, 15) is 0 Å². The van der Waals surface area contributed by atoms with Crippen LogP contribution in [0, 0.1) is 13.8 Å². The number of fused-ring (bicyclic) bond motifs is 1. The van der Waals surface area contributed by atoms with Crippen LogP contribution in [0.1, 0.15) is 28.1 Å². The molecule has 26 heavy (non-hydrogen) atoms. The number of aryl methyl sites for hydroxylation is 1. The first-order chi connectivity index (χ1) is 12.7. The Kier molecular flexibility index (Phi) is 4.59. The molecule has 1 N–H and O–H groups in total. The maximum atomic E-state index is 5.61. The van der Waals surface area contributed by atoms with Crippen LogP contribution in [0.25, 0.3) is 11.0 Å². The van der Waals surface area contributed by atoms with Crippen molar-refractivity contribution in [1.82, 2.24) is 15.1 Å². The molecule has 0 saturated heterocycles. The van der Waals surface area contributed by atoms with Gasteiger partial charge in [-0.2, -0.15) is 5.10 Å². The van der Waals surface area contributed by atoms with E-state index in [1.807, 2.05) is 30.5 Å². The normalized spacial score (nSPS) is 11.3. The Hall–Kier alpha value is -2.85. The molecule has 0 bridgehead atoms. The first-order valence-electron chi connectivity index (χ1n) is 8.95. The van der Waals surface area contributed by atoms with E-state index in [1.54, 1.807) is 0 Å². The lowest BCUT2D eigenvalue weighted by Gasteiger charge is -2.07. The topological polar surface area (TPSA) is 43.0 Å². The Morgan fingerprint density at radius 3 is 2.58 bits per heavy atom. The molecule has 0 aliphatic heterocycles. The Bertz CT molecular complexity index is 1010. The zero-order valence-corrected chi connectivity index (χ0v) is 15.2. The van der Waals surface area contributed by atoms with Gasteiger partial charge in [0.1, 0.15) is 5.58 Å². The molecule has 0 atom stereocenters. The van der Waals surface area contributed by atoms with Crippen LogP contribution in [-0.2, 0) is 19.6 Å². The van der Waals surface area contributed by atoms with Crippen LogP contribution in [0.2, 0.25) is 0 Å². The molecule has 0 fully saturated rings. The van der Waals surface area contributed by atoms with Gasteiger partial charge in [0.15, 0.2) is 0 Å². The zero-order valence-electron chi connectivity index (χ0n) is 15.2. The van der Waals surface area contributed by atoms with Gasteiger partial charge in [-0.3, -0.25) is 4.68 Å². The molecular formula is C22H23N3O. The molecule has 4 rings (SSSR count). The standard InChI is InChI=1S/C22H23N3O/c1-16-21(17(2)25(24-16)14-18-8-4-3-5-9-18)13-23-12-19-15-26-22-11-7-6-10-20(19)22/h3-11,15,23H,12-14H2,1-2H3. The van der Waals surface area contributed by atoms with E-state index in [4.69, 9.17) is 9.52 Å². The summed E-state index contributed by atoms with van der Waals surface area (Å²) in [6, 6.07) is 18.6. The van der Waals surface area contributed by atoms with Crippen molar-refractivity contribution in [3.05, 3.63) is 88.9 Å². The van der Waals surface area contributed by atoms with Gasteiger partial charge in [0, 0.05) is 35.3 Å². The minimum Gasteiger partial charge on any atom is -0.464 e. The summed E-state index contributed by atoms with van der Waals surface area (Å²) in [5.41, 5.74) is 6.97. The number of para-hydroxylation sites is 1. The van der Waals surface area contributed by atoms with Crippen molar-refractivity contribution in [1.29, 1.82) is 0 Å². The lowest BCUT2D eigenvalue weighted by molar-refractivity contribution is 0.601. The summed E-state index contributed by atoms with van der Waals surface area (Å²) in [5, 5.41) is 9.45. The molecule has 2 aromatic heterocycles. The highest BCUT2D eigenvalue weighted by Gasteiger charge is 2.12. The molecule has 2 aromatic carbocycles. The second kappa shape index (κ2) is 7.18. The Labute approximate surface area is 153 Å². The van der Waals surface area contributed by atoms with Gasteiger partial charge in [0.25, 0.3) is 0 Å². The van der Waals surface area contributed by atoms with Crippen LogP contribution in [0.5, 0.6) is 0 Å². The van der Waals surface area contributed by atoms with Gasteiger partial charge in [-0.1, -0.05) is 48.5 Å². The fourth-order valence-corrected chi connectivity index (χ4v) is 3.39. The number of hydrogen-bond acceptors (Lipinski definition) is 3. The van der Waals surface area contributed by atoms with Crippen molar-refractivity contribution in [3.63, 3.8) is 0 Å². The number of rotatable bonds is 6. The van der Waals surface area contributed by atoms with Gasteiger partial charge >= 0.3 is 0 Å². The molecule has 4 heteroatoms. The van der Waals surface area contributed by atoms with E-state index < -0.39 is 0 Å². The number of furan rings is 1. The van der Waals surface area contributed by atoms with E-state index in [-0.39, 0.29) is 0 Å². The molecule has 0 spiro atoms. The number of nitrogens with one attached hydrogen (secondary N) is 1. The van der Waals surface area contributed by atoms with Crippen molar-refractivity contribution >= 4 is 11.0 Å². The molecule has 0 aliphatic rings. The number of hydrogen-bond donors (Lipinski definition) is 1. The first-order valence-corrected chi connectivity index (χ1v) is 8.95. The highest BCUT2D eigenvalue weighted by atomic mass is 16.3. The molecule has 0 amide bonds. The fraction of sp³-hybridized carbons (Fsp3) is 0.227. The summed E-state index contributed by atoms with van der Waals surface area (Å²) in [7, 11) is 0. The maximum absolute atomic E-state index is 5.61. The molecule has 0 unspecified atom stereocenters. The minimum atomic E-state index is 0.778. The third-order valence-electron chi connectivity index (χ3n) is 4.88. The monoisotopic (exact) mass is 345 g/mol. The largest absolute Gasteiger partial charge is 0.464 e. The highest BCUT2D eigenvalue weighted by Crippen LogP contribution is 2.21. The van der Waals surface area contributed by atoms with Gasteiger partial charge in [-0.15, -0.1) is 0 Å². The Morgan fingerprint density at radius 1 is 0.962 bits per heavy atom. The number of aromatic nitrogens is 2. The fourth-order valence-electron chi connectivity index (χ4n) is 3.39. The van der Waals surface area contributed by atoms with Gasteiger partial charge < -0.3 is 9.73 Å². The average Bonchev–Trinajstić information content (AvgIpc) is 3.19. The quantitative estimate of drug-likeness (QED) is 0.556. The van der Waals surface area contributed by atoms with Gasteiger partial charge in [0.2, 0.25) is 0 Å². The average molecular weight is 345 g/mol. The Balaban J connectivity index is 1.45. The summed E-state index contributed by atoms with van der Waals surface area (Å²) in [5.74, 6) is 0. The van der Waals surface area contributed by atoms with Crippen molar-refractivity contribution in [2.45, 2.75) is 33.5 Å². The summed E-state index contributed by atoms with van der Waals surface area (Å²) in [6.07, 6.45) is 1.84. The van der Waals surface area contributed by atoms with E-state index in [0.29, 0.717) is 0 Å². The minimum absolute atomic E-state index is 0.778. The predicted octanol–water partition coefficient (Wildman–Crippen LogP) is 4.58. The smallest absolute Gasteiger partial charge is 0.134 e. The second-order valence-corrected chi connectivity index (χ2v) is 6.65. The molecule has 132 valence electrons. The molecular weight excluding hydrogens is 322 g/mol. The molecule has 2 heterocycles. The van der Waals surface area contributed by atoms with Crippen LogP contribution in [0.3, 0.4) is 0 Å². The number of nitrogens with zero attached hydrogens (tertiary/aromatic N) is 2. The highest BCUT2D eigenvalue weighted by molar-refractivity contribution is 5.80. The molecule has 4 aromatic rings. The van der Waals surface area contributed by atoms with E-state index in [2.05, 4.69) is 54.2 Å². The van der Waals surface area contributed by atoms with E-state index in [1.165, 1.54) is 27.8 Å². The molecule has 4 nitrogen and oxygen atoms in total. The van der Waals surface area contributed by atoms with E-state index >= 15 is 0 Å². The summed E-state index contributed by atoms with van der Waals surface area (Å²) in [4.78, 5) is 0. The molecule has 0 aliphatic carbocycles. The summed E-state index contributed by atoms with van der Waals surface area (Å²) in [6.45, 7) is 6.61. The number of benzene rings is 2. The van der Waals surface area contributed by atoms with Crippen LogP contribution in [-0.4, -0.2) is 9.78 Å². The van der Waals surface area contributed by atoms with Crippen molar-refractivity contribution < 1.29 is 4.42 Å². The first kappa shape index (κ1) is 16.6. The third kappa shape index (κ3) is 3.28. The SMILES string of the molecule is Cc1nn(Cc2ccccc2)c(C)c1CNCc1coc2ccccc12. The third-order valence-corrected chi connectivity index (χ3v) is 4.88. The van der Waals surface area contributed by atoms with Crippen LogP contribution in [0.4, 0.5) is 0 Å². The van der Waals surface area contributed by atoms with Crippen LogP contribution < -0.4 is 5.32 Å². The van der Waals surface area contributed by atoms with Crippen molar-refractivity contribution in [2.75, 3.05) is 0 Å². The summed E-state index contributed by atoms with van der Waals surface area (Å²) >= 11 is 0. The lowest BCUT2D eigenvalue weighted by atomic mass is 10.1. The van der Waals surface area contributed by atoms with Crippen molar-refractivity contribution in [2.24, 2.45) is 0 Å². The second-order valence-electron chi connectivity index (χ2n) is 6.65. The molecule has 0 saturated carbocycles.